The molecule has 0 saturated heterocycles. The molecule has 0 N–H and O–H groups in total. The monoisotopic (exact) mass is 989 g/mol. The van der Waals surface area contributed by atoms with Crippen LogP contribution in [-0.2, 0) is 16.2 Å². The largest absolute Gasteiger partial charge is 0.310 e. The fraction of sp³-hybridized carbons (Fsp3) is 0.135. The Bertz CT molecular complexity index is 4160. The quantitative estimate of drug-likeness (QED) is 0.163. The van der Waals surface area contributed by atoms with Gasteiger partial charge in [0.05, 0.1) is 22.7 Å². The topological polar surface area (TPSA) is 9.72 Å². The maximum absolute atomic E-state index is 2.62. The molecule has 0 unspecified atom stereocenters. The van der Waals surface area contributed by atoms with Gasteiger partial charge in [-0.05, 0) is 150 Å². The summed E-state index contributed by atoms with van der Waals surface area (Å²) in [7, 11) is 0. The lowest BCUT2D eigenvalue weighted by molar-refractivity contribution is 0.591. The number of benzene rings is 12. The van der Waals surface area contributed by atoms with Gasteiger partial charge in [-0.1, -0.05) is 212 Å². The Balaban J connectivity index is 1.10. The standard InChI is InChI=1S/C74H59N3/c1-72(2,3)50-41-48-35-39-60-66-45-67(61-40-36-49(42-50)68(48)69(60)61)77(65-32-18-28-59-57-26-12-14-30-63(57)74(6,7)71(59)65)55-24-16-22-53(44-55)75(51-37-33-47(34-38-51)46-19-9-8-10-20-46)52-21-15-23-54(43-52)76(66)64-31-17-27-58-56-25-11-13-29-62(56)73(4,5)70(58)64/h8-45H,1-7H3. The van der Waals surface area contributed by atoms with Crippen LogP contribution in [0.4, 0.5) is 51.2 Å². The Morgan fingerprint density at radius 1 is 0.312 bits per heavy atom. The minimum atomic E-state index is -0.291. The van der Waals surface area contributed by atoms with Crippen LogP contribution in [0.1, 0.15) is 76.3 Å². The molecule has 0 atom stereocenters. The van der Waals surface area contributed by atoms with Crippen LogP contribution in [0.2, 0.25) is 0 Å². The highest BCUT2D eigenvalue weighted by atomic mass is 15.2. The molecule has 0 aromatic heterocycles. The second kappa shape index (κ2) is 16.3. The Labute approximate surface area is 452 Å². The van der Waals surface area contributed by atoms with E-state index in [1.165, 1.54) is 105 Å². The van der Waals surface area contributed by atoms with Crippen molar-refractivity contribution in [3.63, 3.8) is 0 Å². The molecule has 3 aliphatic rings. The summed E-state index contributed by atoms with van der Waals surface area (Å²) in [6.07, 6.45) is 0. The van der Waals surface area contributed by atoms with Gasteiger partial charge >= 0.3 is 0 Å². The van der Waals surface area contributed by atoms with E-state index in [0.29, 0.717) is 0 Å². The van der Waals surface area contributed by atoms with Crippen molar-refractivity contribution in [2.24, 2.45) is 0 Å². The van der Waals surface area contributed by atoms with Crippen LogP contribution in [-0.4, -0.2) is 0 Å². The third-order valence-corrected chi connectivity index (χ3v) is 17.5. The maximum atomic E-state index is 2.62. The highest BCUT2D eigenvalue weighted by molar-refractivity contribution is 6.29. The van der Waals surface area contributed by atoms with Gasteiger partial charge in [0.25, 0.3) is 0 Å². The molecule has 12 aromatic rings. The van der Waals surface area contributed by atoms with Crippen molar-refractivity contribution in [3.8, 4) is 33.4 Å². The molecule has 0 fully saturated rings. The van der Waals surface area contributed by atoms with E-state index in [2.05, 4.69) is 294 Å². The summed E-state index contributed by atoms with van der Waals surface area (Å²) in [5, 5.41) is 7.53. The Morgan fingerprint density at radius 3 is 1.23 bits per heavy atom. The second-order valence-electron chi connectivity index (χ2n) is 23.8. The lowest BCUT2D eigenvalue weighted by atomic mass is 9.80. The first kappa shape index (κ1) is 45.5. The third-order valence-electron chi connectivity index (χ3n) is 17.5. The van der Waals surface area contributed by atoms with Crippen LogP contribution in [0, 0.1) is 0 Å². The minimum Gasteiger partial charge on any atom is -0.310 e. The first-order valence-electron chi connectivity index (χ1n) is 27.3. The van der Waals surface area contributed by atoms with Gasteiger partial charge in [0.1, 0.15) is 0 Å². The highest BCUT2D eigenvalue weighted by Gasteiger charge is 2.42. The van der Waals surface area contributed by atoms with Crippen molar-refractivity contribution in [1.29, 1.82) is 0 Å². The number of rotatable bonds is 4. The number of anilines is 9. The van der Waals surface area contributed by atoms with Crippen LogP contribution < -0.4 is 14.7 Å². The Kier molecular flexibility index (Phi) is 9.62. The van der Waals surface area contributed by atoms with E-state index in [1.807, 2.05) is 0 Å². The van der Waals surface area contributed by atoms with E-state index < -0.39 is 0 Å². The average molecular weight is 990 g/mol. The van der Waals surface area contributed by atoms with Gasteiger partial charge in [-0.2, -0.15) is 0 Å². The molecule has 0 radical (unpaired) electrons. The number of hydrogen-bond acceptors (Lipinski definition) is 3. The maximum Gasteiger partial charge on any atom is 0.0561 e. The lowest BCUT2D eigenvalue weighted by Crippen LogP contribution is -2.23. The van der Waals surface area contributed by atoms with Gasteiger partial charge in [0.2, 0.25) is 0 Å². The van der Waals surface area contributed by atoms with Crippen LogP contribution >= 0.6 is 0 Å². The van der Waals surface area contributed by atoms with Gasteiger partial charge in [-0.15, -0.1) is 0 Å². The molecule has 2 aliphatic carbocycles. The zero-order chi connectivity index (χ0) is 52.1. The molecule has 0 spiro atoms. The molecule has 3 heteroatoms. The van der Waals surface area contributed by atoms with Gasteiger partial charge in [-0.25, -0.2) is 0 Å². The summed E-state index contributed by atoms with van der Waals surface area (Å²) in [6.45, 7) is 16.7. The van der Waals surface area contributed by atoms with E-state index in [4.69, 9.17) is 0 Å². The van der Waals surface area contributed by atoms with Crippen LogP contribution in [0.25, 0.3) is 65.7 Å². The van der Waals surface area contributed by atoms with Gasteiger partial charge in [0.15, 0.2) is 0 Å². The Hall–Kier alpha value is -8.92. The summed E-state index contributed by atoms with van der Waals surface area (Å²) in [4.78, 5) is 7.69. The molecule has 0 saturated carbocycles. The normalized spacial score (nSPS) is 14.8. The molecule has 15 rings (SSSR count). The van der Waals surface area contributed by atoms with Crippen molar-refractivity contribution < 1.29 is 0 Å². The van der Waals surface area contributed by atoms with E-state index in [0.717, 1.165) is 39.8 Å². The molecule has 1 heterocycles. The van der Waals surface area contributed by atoms with Crippen molar-refractivity contribution in [2.75, 3.05) is 14.7 Å². The molecular weight excluding hydrogens is 931 g/mol. The zero-order valence-corrected chi connectivity index (χ0v) is 44.8. The summed E-state index contributed by atoms with van der Waals surface area (Å²) < 4.78 is 0. The summed E-state index contributed by atoms with van der Waals surface area (Å²) in [6, 6.07) is 87.5. The molecule has 0 amide bonds. The lowest BCUT2D eigenvalue weighted by Gasteiger charge is -2.37. The first-order chi connectivity index (χ1) is 37.3. The zero-order valence-electron chi connectivity index (χ0n) is 44.8. The van der Waals surface area contributed by atoms with Crippen molar-refractivity contribution in [1.82, 2.24) is 0 Å². The fourth-order valence-electron chi connectivity index (χ4n) is 13.9. The van der Waals surface area contributed by atoms with E-state index in [9.17, 15) is 0 Å². The molecule has 3 nitrogen and oxygen atoms in total. The van der Waals surface area contributed by atoms with Crippen LogP contribution in [0.5, 0.6) is 0 Å². The summed E-state index contributed by atoms with van der Waals surface area (Å²) in [5.74, 6) is 0. The van der Waals surface area contributed by atoms with Gasteiger partial charge < -0.3 is 14.7 Å². The molecule has 12 aromatic carbocycles. The van der Waals surface area contributed by atoms with Crippen molar-refractivity contribution >= 4 is 83.5 Å². The SMILES string of the molecule is CC(C)(C)c1cc2ccc3c4cc(c5ccc(c1)c2c35)N(c1cccc2c1C(C)(C)c1ccccc1-2)c1cccc(c1)N(c1ccc(-c2ccccc2)cc1)c1cccc(c1)N4c1cccc2c1C(C)(C)c1ccccc1-2. The smallest absolute Gasteiger partial charge is 0.0561 e. The number of hydrogen-bond donors (Lipinski definition) is 0. The van der Waals surface area contributed by atoms with E-state index in [-0.39, 0.29) is 16.2 Å². The van der Waals surface area contributed by atoms with Gasteiger partial charge in [0, 0.05) is 55.4 Å². The molecule has 6 bridgehead atoms. The third kappa shape index (κ3) is 6.63. The first-order valence-corrected chi connectivity index (χ1v) is 27.3. The molecule has 1 aliphatic heterocycles. The Morgan fingerprint density at radius 2 is 0.740 bits per heavy atom. The van der Waals surface area contributed by atoms with Gasteiger partial charge in [-0.3, -0.25) is 0 Å². The number of nitrogens with zero attached hydrogens (tertiary/aromatic N) is 3. The molecular formula is C74H59N3. The second-order valence-corrected chi connectivity index (χ2v) is 23.8. The van der Waals surface area contributed by atoms with E-state index in [1.54, 1.807) is 0 Å². The molecule has 370 valence electrons. The number of fused-ring (bicyclic) bond motifs is 14. The predicted octanol–water partition coefficient (Wildman–Crippen LogP) is 20.9. The van der Waals surface area contributed by atoms with Crippen molar-refractivity contribution in [2.45, 2.75) is 64.7 Å². The van der Waals surface area contributed by atoms with Crippen LogP contribution in [0.15, 0.2) is 231 Å². The average Bonchev–Trinajstić information content (AvgIpc) is 3.84. The summed E-state index contributed by atoms with van der Waals surface area (Å²) in [5.41, 5.74) is 23.7. The molecule has 77 heavy (non-hydrogen) atoms. The van der Waals surface area contributed by atoms with Crippen molar-refractivity contribution in [3.05, 3.63) is 258 Å². The highest BCUT2D eigenvalue weighted by Crippen LogP contribution is 2.60. The van der Waals surface area contributed by atoms with E-state index >= 15 is 0 Å². The fourth-order valence-corrected chi connectivity index (χ4v) is 13.9. The van der Waals surface area contributed by atoms with Crippen LogP contribution in [0.3, 0.4) is 0 Å². The predicted molar refractivity (Wildman–Crippen MR) is 327 cm³/mol. The minimum absolute atomic E-state index is 0.0217. The summed E-state index contributed by atoms with van der Waals surface area (Å²) >= 11 is 0.